The third kappa shape index (κ3) is 2.68. The van der Waals surface area contributed by atoms with E-state index in [4.69, 9.17) is 19.5 Å². The van der Waals surface area contributed by atoms with Crippen molar-refractivity contribution in [3.8, 4) is 5.88 Å². The molecule has 1 fully saturated rings. The summed E-state index contributed by atoms with van der Waals surface area (Å²) in [4.78, 5) is 12.2. The number of aliphatic hydroxyl groups excluding tert-OH is 1. The molecule has 0 spiro atoms. The van der Waals surface area contributed by atoms with Gasteiger partial charge in [-0.1, -0.05) is 0 Å². The summed E-state index contributed by atoms with van der Waals surface area (Å²) in [6, 6.07) is 1.35. The van der Waals surface area contributed by atoms with Crippen LogP contribution in [-0.2, 0) is 6.61 Å². The molecule has 1 atom stereocenters. The summed E-state index contributed by atoms with van der Waals surface area (Å²) in [6.45, 7) is 0.564. The van der Waals surface area contributed by atoms with E-state index in [0.29, 0.717) is 12.3 Å². The third-order valence-corrected chi connectivity index (χ3v) is 2.74. The van der Waals surface area contributed by atoms with E-state index in [0.717, 1.165) is 12.8 Å². The van der Waals surface area contributed by atoms with Gasteiger partial charge in [-0.3, -0.25) is 0 Å². The van der Waals surface area contributed by atoms with E-state index in [-0.39, 0.29) is 25.1 Å². The van der Waals surface area contributed by atoms with Crippen molar-refractivity contribution in [1.82, 2.24) is 10.1 Å². The number of hydrogen-bond acceptors (Lipinski definition) is 5. The van der Waals surface area contributed by atoms with Gasteiger partial charge in [-0.15, -0.1) is 0 Å². The standard InChI is InChI=1S/C10H14N2O5/c13-5-8-4-9(11-17-8)16-6-7-2-1-3-12(7)10(14)15/h4,7,13H,1-3,5-6H2,(H,14,15)/t7-/m0/s1. The van der Waals surface area contributed by atoms with E-state index < -0.39 is 6.09 Å². The number of amides is 1. The number of hydrogen-bond donors (Lipinski definition) is 2. The fraction of sp³-hybridized carbons (Fsp3) is 0.600. The number of aromatic nitrogens is 1. The molecule has 17 heavy (non-hydrogen) atoms. The van der Waals surface area contributed by atoms with E-state index in [1.54, 1.807) is 0 Å². The second kappa shape index (κ2) is 5.05. The van der Waals surface area contributed by atoms with Crippen molar-refractivity contribution in [3.63, 3.8) is 0 Å². The monoisotopic (exact) mass is 242 g/mol. The normalized spacial score (nSPS) is 19.6. The van der Waals surface area contributed by atoms with Crippen molar-refractivity contribution >= 4 is 6.09 Å². The van der Waals surface area contributed by atoms with Crippen LogP contribution in [0.25, 0.3) is 0 Å². The number of likely N-dealkylation sites (tertiary alicyclic amines) is 1. The lowest BCUT2D eigenvalue weighted by molar-refractivity contribution is 0.121. The van der Waals surface area contributed by atoms with Crippen molar-refractivity contribution in [3.05, 3.63) is 11.8 Å². The number of aliphatic hydroxyl groups is 1. The number of rotatable bonds is 4. The van der Waals surface area contributed by atoms with Gasteiger partial charge in [-0.2, -0.15) is 0 Å². The molecule has 2 rings (SSSR count). The van der Waals surface area contributed by atoms with Crippen LogP contribution in [0.1, 0.15) is 18.6 Å². The number of ether oxygens (including phenoxy) is 1. The van der Waals surface area contributed by atoms with Gasteiger partial charge in [0.25, 0.3) is 5.88 Å². The largest absolute Gasteiger partial charge is 0.473 e. The van der Waals surface area contributed by atoms with Crippen LogP contribution in [0.3, 0.4) is 0 Å². The molecule has 2 heterocycles. The zero-order valence-electron chi connectivity index (χ0n) is 9.20. The molecule has 0 radical (unpaired) electrons. The SMILES string of the molecule is O=C(O)N1CCC[C@H]1COc1cc(CO)on1. The molecule has 1 aromatic rings. The van der Waals surface area contributed by atoms with Crippen LogP contribution in [0.2, 0.25) is 0 Å². The maximum Gasteiger partial charge on any atom is 0.407 e. The van der Waals surface area contributed by atoms with Gasteiger partial charge in [0.2, 0.25) is 0 Å². The summed E-state index contributed by atoms with van der Waals surface area (Å²) in [5.74, 6) is 0.591. The molecule has 1 aromatic heterocycles. The molecule has 0 saturated carbocycles. The van der Waals surface area contributed by atoms with Crippen molar-refractivity contribution in [2.45, 2.75) is 25.5 Å². The van der Waals surface area contributed by atoms with Crippen LogP contribution in [0.5, 0.6) is 5.88 Å². The fourth-order valence-corrected chi connectivity index (χ4v) is 1.88. The van der Waals surface area contributed by atoms with Crippen molar-refractivity contribution in [2.24, 2.45) is 0 Å². The van der Waals surface area contributed by atoms with Gasteiger partial charge in [0.1, 0.15) is 13.2 Å². The predicted molar refractivity (Wildman–Crippen MR) is 55.7 cm³/mol. The Morgan fingerprint density at radius 1 is 1.71 bits per heavy atom. The van der Waals surface area contributed by atoms with Gasteiger partial charge in [-0.25, -0.2) is 4.79 Å². The van der Waals surface area contributed by atoms with Gasteiger partial charge in [0.15, 0.2) is 5.76 Å². The second-order valence-corrected chi connectivity index (χ2v) is 3.87. The Hall–Kier alpha value is -1.76. The van der Waals surface area contributed by atoms with Gasteiger partial charge in [-0.05, 0) is 18.0 Å². The zero-order chi connectivity index (χ0) is 12.3. The van der Waals surface area contributed by atoms with Gasteiger partial charge in [0.05, 0.1) is 6.04 Å². The van der Waals surface area contributed by atoms with E-state index in [9.17, 15) is 4.79 Å². The second-order valence-electron chi connectivity index (χ2n) is 3.87. The van der Waals surface area contributed by atoms with E-state index >= 15 is 0 Å². The molecule has 1 aliphatic heterocycles. The molecule has 0 unspecified atom stereocenters. The number of carbonyl (C=O) groups is 1. The van der Waals surface area contributed by atoms with Crippen molar-refractivity contribution in [1.29, 1.82) is 0 Å². The van der Waals surface area contributed by atoms with Crippen LogP contribution in [0.15, 0.2) is 10.6 Å². The highest BCUT2D eigenvalue weighted by molar-refractivity contribution is 5.65. The summed E-state index contributed by atoms with van der Waals surface area (Å²) >= 11 is 0. The highest BCUT2D eigenvalue weighted by Crippen LogP contribution is 2.19. The molecule has 2 N–H and O–H groups in total. The Morgan fingerprint density at radius 2 is 2.53 bits per heavy atom. The third-order valence-electron chi connectivity index (χ3n) is 2.74. The minimum atomic E-state index is -0.924. The van der Waals surface area contributed by atoms with Gasteiger partial charge < -0.3 is 24.4 Å². The first kappa shape index (κ1) is 11.7. The zero-order valence-corrected chi connectivity index (χ0v) is 9.20. The van der Waals surface area contributed by atoms with E-state index in [2.05, 4.69) is 5.16 Å². The van der Waals surface area contributed by atoms with Crippen LogP contribution in [-0.4, -0.2) is 45.6 Å². The summed E-state index contributed by atoms with van der Waals surface area (Å²) in [6.07, 6.45) is 0.713. The average Bonchev–Trinajstić information content (AvgIpc) is 2.95. The number of nitrogens with zero attached hydrogens (tertiary/aromatic N) is 2. The first-order valence-electron chi connectivity index (χ1n) is 5.39. The van der Waals surface area contributed by atoms with Crippen molar-refractivity contribution in [2.75, 3.05) is 13.2 Å². The summed E-state index contributed by atoms with van der Waals surface area (Å²) in [7, 11) is 0. The molecule has 0 bridgehead atoms. The van der Waals surface area contributed by atoms with Crippen LogP contribution < -0.4 is 4.74 Å². The highest BCUT2D eigenvalue weighted by atomic mass is 16.5. The first-order chi connectivity index (χ1) is 8.20. The Bertz CT molecular complexity index is 392. The van der Waals surface area contributed by atoms with E-state index in [1.165, 1.54) is 11.0 Å². The lowest BCUT2D eigenvalue weighted by atomic mass is 10.2. The summed E-state index contributed by atoms with van der Waals surface area (Å²) < 4.78 is 10.1. The Labute approximate surface area is 97.6 Å². The first-order valence-corrected chi connectivity index (χ1v) is 5.39. The van der Waals surface area contributed by atoms with Gasteiger partial charge >= 0.3 is 6.09 Å². The summed E-state index contributed by atoms with van der Waals surface area (Å²) in [5.41, 5.74) is 0. The number of carboxylic acid groups (broad SMARTS) is 1. The van der Waals surface area contributed by atoms with Crippen LogP contribution in [0, 0.1) is 0 Å². The minimum Gasteiger partial charge on any atom is -0.473 e. The topological polar surface area (TPSA) is 96.0 Å². The quantitative estimate of drug-likeness (QED) is 0.806. The lowest BCUT2D eigenvalue weighted by Crippen LogP contribution is -2.38. The molecule has 1 saturated heterocycles. The minimum absolute atomic E-state index is 0.137. The molecule has 7 heteroatoms. The molecule has 1 aliphatic rings. The molecule has 7 nitrogen and oxygen atoms in total. The van der Waals surface area contributed by atoms with Crippen LogP contribution in [0.4, 0.5) is 4.79 Å². The fourth-order valence-electron chi connectivity index (χ4n) is 1.88. The molecular formula is C10H14N2O5. The van der Waals surface area contributed by atoms with Crippen molar-refractivity contribution < 1.29 is 24.3 Å². The molecule has 0 aliphatic carbocycles. The Morgan fingerprint density at radius 3 is 3.18 bits per heavy atom. The molecule has 1 amide bonds. The Balaban J connectivity index is 1.87. The summed E-state index contributed by atoms with van der Waals surface area (Å²) in [5, 5.41) is 21.3. The predicted octanol–water partition coefficient (Wildman–Crippen LogP) is 0.688. The lowest BCUT2D eigenvalue weighted by Gasteiger charge is -2.20. The van der Waals surface area contributed by atoms with Crippen LogP contribution >= 0.6 is 0 Å². The molecule has 94 valence electrons. The molecule has 0 aromatic carbocycles. The Kier molecular flexibility index (Phi) is 3.48. The average molecular weight is 242 g/mol. The molecular weight excluding hydrogens is 228 g/mol. The maximum atomic E-state index is 10.9. The maximum absolute atomic E-state index is 10.9. The van der Waals surface area contributed by atoms with Gasteiger partial charge in [0, 0.05) is 12.6 Å². The highest BCUT2D eigenvalue weighted by Gasteiger charge is 2.29. The van der Waals surface area contributed by atoms with E-state index in [1.807, 2.05) is 0 Å². The smallest absolute Gasteiger partial charge is 0.407 e.